The number of pyridine rings is 1. The third-order valence-electron chi connectivity index (χ3n) is 4.59. The highest BCUT2D eigenvalue weighted by atomic mass is 19.4. The number of nitrogens with two attached hydrogens (primary N) is 1. The molecule has 0 saturated carbocycles. The number of alkyl halides is 5. The molecule has 11 heteroatoms. The van der Waals surface area contributed by atoms with Gasteiger partial charge in [-0.3, -0.25) is 4.79 Å². The Balaban J connectivity index is 1.77. The van der Waals surface area contributed by atoms with Crippen molar-refractivity contribution >= 4 is 11.6 Å². The Morgan fingerprint density at radius 2 is 1.76 bits per heavy atom. The van der Waals surface area contributed by atoms with E-state index < -0.39 is 29.8 Å². The number of benzene rings is 1. The van der Waals surface area contributed by atoms with Crippen molar-refractivity contribution in [2.75, 3.05) is 0 Å². The van der Waals surface area contributed by atoms with Gasteiger partial charge in [0.25, 0.3) is 12.3 Å². The predicted octanol–water partition coefficient (Wildman–Crippen LogP) is 4.25. The highest BCUT2D eigenvalue weighted by Gasteiger charge is 2.30. The summed E-state index contributed by atoms with van der Waals surface area (Å²) in [5.74, 6) is 4.83. The van der Waals surface area contributed by atoms with E-state index in [9.17, 15) is 26.7 Å². The van der Waals surface area contributed by atoms with Crippen LogP contribution < -0.4 is 5.73 Å². The van der Waals surface area contributed by atoms with Gasteiger partial charge in [0, 0.05) is 17.3 Å². The van der Waals surface area contributed by atoms with E-state index in [-0.39, 0.29) is 28.2 Å². The monoisotopic (exact) mass is 457 g/mol. The fourth-order valence-corrected chi connectivity index (χ4v) is 2.96. The van der Waals surface area contributed by atoms with Crippen LogP contribution >= 0.6 is 0 Å². The molecule has 4 rings (SSSR count). The number of nitrogens with zero attached hydrogens (tertiary/aromatic N) is 4. The van der Waals surface area contributed by atoms with Crippen molar-refractivity contribution in [1.29, 1.82) is 0 Å². The van der Waals surface area contributed by atoms with Crippen LogP contribution in [0.25, 0.3) is 16.9 Å². The summed E-state index contributed by atoms with van der Waals surface area (Å²) in [7, 11) is 0. The number of fused-ring (bicyclic) bond motifs is 1. The normalized spacial score (nSPS) is 11.5. The van der Waals surface area contributed by atoms with Crippen molar-refractivity contribution in [2.24, 2.45) is 5.73 Å². The van der Waals surface area contributed by atoms with Crippen LogP contribution in [0.2, 0.25) is 0 Å². The van der Waals surface area contributed by atoms with Gasteiger partial charge in [-0.05, 0) is 30.3 Å². The second kappa shape index (κ2) is 8.31. The van der Waals surface area contributed by atoms with E-state index in [1.165, 1.54) is 24.5 Å². The average Bonchev–Trinajstić information content (AvgIpc) is 3.19. The van der Waals surface area contributed by atoms with Gasteiger partial charge < -0.3 is 5.73 Å². The highest BCUT2D eigenvalue weighted by Crippen LogP contribution is 2.32. The molecule has 2 N–H and O–H groups in total. The van der Waals surface area contributed by atoms with Crippen LogP contribution in [0.3, 0.4) is 0 Å². The number of hydrogen-bond donors (Lipinski definition) is 1. The maximum absolute atomic E-state index is 13.7. The first kappa shape index (κ1) is 21.9. The summed E-state index contributed by atoms with van der Waals surface area (Å²) in [5, 5.41) is 3.92. The minimum atomic E-state index is -4.53. The standard InChI is InChI=1S/C22H12F5N5O/c23-19(24)18-9-17(13-4-6-15(7-5-13)22(25,26)27)31-21-14(11-30-32(18)21)3-1-12-2-8-16(20(28)33)29-10-12/h2,4-11,19H,(H2,28,33). The lowest BCUT2D eigenvalue weighted by Crippen LogP contribution is -2.12. The number of rotatable bonds is 3. The Bertz CT molecular complexity index is 1400. The van der Waals surface area contributed by atoms with Crippen LogP contribution in [0.1, 0.15) is 39.3 Å². The zero-order valence-corrected chi connectivity index (χ0v) is 16.4. The van der Waals surface area contributed by atoms with E-state index in [0.29, 0.717) is 5.56 Å². The first-order valence-electron chi connectivity index (χ1n) is 9.26. The molecule has 0 aliphatic rings. The summed E-state index contributed by atoms with van der Waals surface area (Å²) in [6.45, 7) is 0. The molecule has 33 heavy (non-hydrogen) atoms. The summed E-state index contributed by atoms with van der Waals surface area (Å²) in [6, 6.07) is 7.98. The molecule has 0 aliphatic carbocycles. The third-order valence-corrected chi connectivity index (χ3v) is 4.59. The van der Waals surface area contributed by atoms with Gasteiger partial charge in [0.15, 0.2) is 5.65 Å². The molecule has 0 unspecified atom stereocenters. The summed E-state index contributed by atoms with van der Waals surface area (Å²) >= 11 is 0. The van der Waals surface area contributed by atoms with Crippen LogP contribution in [0.15, 0.2) is 54.9 Å². The first-order chi connectivity index (χ1) is 15.6. The van der Waals surface area contributed by atoms with Gasteiger partial charge >= 0.3 is 6.18 Å². The SMILES string of the molecule is NC(=O)c1ccc(C#Cc2cnn3c(C(F)F)cc(-c4ccc(C(F)(F)F)cc4)nc23)cn1. The lowest BCUT2D eigenvalue weighted by molar-refractivity contribution is -0.137. The van der Waals surface area contributed by atoms with Gasteiger partial charge in [-0.25, -0.2) is 23.3 Å². The van der Waals surface area contributed by atoms with Crippen molar-refractivity contribution in [3.05, 3.63) is 82.9 Å². The third kappa shape index (κ3) is 4.50. The Hall–Kier alpha value is -4.33. The van der Waals surface area contributed by atoms with Crippen LogP contribution in [0, 0.1) is 11.8 Å². The Labute approximate surface area is 182 Å². The van der Waals surface area contributed by atoms with Crippen molar-refractivity contribution < 1.29 is 26.7 Å². The molecule has 0 radical (unpaired) electrons. The topological polar surface area (TPSA) is 86.2 Å². The summed E-state index contributed by atoms with van der Waals surface area (Å²) in [6.07, 6.45) is -4.87. The lowest BCUT2D eigenvalue weighted by atomic mass is 10.1. The lowest BCUT2D eigenvalue weighted by Gasteiger charge is -2.10. The molecular formula is C22H12F5N5O. The number of aromatic nitrogens is 4. The quantitative estimate of drug-likeness (QED) is 0.368. The molecule has 166 valence electrons. The molecule has 3 aromatic heterocycles. The molecule has 0 atom stereocenters. The van der Waals surface area contributed by atoms with E-state index in [1.54, 1.807) is 0 Å². The molecule has 6 nitrogen and oxygen atoms in total. The molecule has 3 heterocycles. The minimum absolute atomic E-state index is 0.0110. The van der Waals surface area contributed by atoms with Crippen LogP contribution in [-0.2, 0) is 6.18 Å². The summed E-state index contributed by atoms with van der Waals surface area (Å²) in [5.41, 5.74) is 4.74. The van der Waals surface area contributed by atoms with Crippen molar-refractivity contribution in [1.82, 2.24) is 19.6 Å². The number of amides is 1. The minimum Gasteiger partial charge on any atom is -0.364 e. The van der Waals surface area contributed by atoms with Crippen molar-refractivity contribution in [3.63, 3.8) is 0 Å². The van der Waals surface area contributed by atoms with E-state index in [4.69, 9.17) is 5.73 Å². The molecule has 0 bridgehead atoms. The largest absolute Gasteiger partial charge is 0.416 e. The molecule has 0 fully saturated rings. The molecule has 0 aliphatic heterocycles. The van der Waals surface area contributed by atoms with E-state index in [0.717, 1.165) is 34.8 Å². The smallest absolute Gasteiger partial charge is 0.364 e. The van der Waals surface area contributed by atoms with E-state index in [2.05, 4.69) is 26.9 Å². The number of halogens is 5. The van der Waals surface area contributed by atoms with Crippen LogP contribution in [-0.4, -0.2) is 25.5 Å². The maximum atomic E-state index is 13.7. The predicted molar refractivity (Wildman–Crippen MR) is 107 cm³/mol. The first-order valence-corrected chi connectivity index (χ1v) is 9.26. The fraction of sp³-hybridized carbons (Fsp3) is 0.0909. The van der Waals surface area contributed by atoms with Gasteiger partial charge in [0.05, 0.1) is 23.0 Å². The van der Waals surface area contributed by atoms with E-state index >= 15 is 0 Å². The number of primary amides is 1. The highest BCUT2D eigenvalue weighted by molar-refractivity contribution is 5.90. The summed E-state index contributed by atoms with van der Waals surface area (Å²) < 4.78 is 66.7. The average molecular weight is 457 g/mol. The number of carbonyl (C=O) groups is 1. The molecule has 0 saturated heterocycles. The second-order valence-electron chi connectivity index (χ2n) is 6.78. The molecular weight excluding hydrogens is 445 g/mol. The summed E-state index contributed by atoms with van der Waals surface area (Å²) in [4.78, 5) is 19.3. The Kier molecular flexibility index (Phi) is 5.51. The number of carbonyl (C=O) groups excluding carboxylic acids is 1. The zero-order chi connectivity index (χ0) is 23.8. The van der Waals surface area contributed by atoms with Gasteiger partial charge in [-0.1, -0.05) is 24.0 Å². The second-order valence-corrected chi connectivity index (χ2v) is 6.78. The van der Waals surface area contributed by atoms with Crippen LogP contribution in [0.4, 0.5) is 22.0 Å². The Morgan fingerprint density at radius 3 is 2.33 bits per heavy atom. The fourth-order valence-electron chi connectivity index (χ4n) is 2.96. The van der Waals surface area contributed by atoms with Crippen molar-refractivity contribution in [2.45, 2.75) is 12.6 Å². The molecule has 1 aromatic carbocycles. The van der Waals surface area contributed by atoms with Crippen molar-refractivity contribution in [3.8, 4) is 23.1 Å². The van der Waals surface area contributed by atoms with E-state index in [1.807, 2.05) is 0 Å². The maximum Gasteiger partial charge on any atom is 0.416 e. The molecule has 0 spiro atoms. The van der Waals surface area contributed by atoms with Gasteiger partial charge in [0.1, 0.15) is 11.4 Å². The number of hydrogen-bond acceptors (Lipinski definition) is 4. The van der Waals surface area contributed by atoms with Gasteiger partial charge in [-0.15, -0.1) is 0 Å². The van der Waals surface area contributed by atoms with Crippen LogP contribution in [0.5, 0.6) is 0 Å². The molecule has 4 aromatic rings. The van der Waals surface area contributed by atoms with Gasteiger partial charge in [0.2, 0.25) is 0 Å². The zero-order valence-electron chi connectivity index (χ0n) is 16.4. The Morgan fingerprint density at radius 1 is 1.03 bits per heavy atom. The molecule has 1 amide bonds. The van der Waals surface area contributed by atoms with Gasteiger partial charge in [-0.2, -0.15) is 18.3 Å².